The van der Waals surface area contributed by atoms with Crippen molar-refractivity contribution in [3.8, 4) is 0 Å². The fourth-order valence-corrected chi connectivity index (χ4v) is 3.83. The van der Waals surface area contributed by atoms with Crippen LogP contribution in [0.5, 0.6) is 0 Å². The lowest BCUT2D eigenvalue weighted by atomic mass is 10.2. The van der Waals surface area contributed by atoms with Crippen molar-refractivity contribution in [1.82, 2.24) is 9.21 Å². The maximum absolute atomic E-state index is 11.9. The molecule has 0 aromatic heterocycles. The van der Waals surface area contributed by atoms with E-state index in [0.29, 0.717) is 24.9 Å². The van der Waals surface area contributed by atoms with Gasteiger partial charge in [-0.25, -0.2) is 12.7 Å². The highest BCUT2D eigenvalue weighted by molar-refractivity contribution is 7.89. The highest BCUT2D eigenvalue weighted by atomic mass is 35.5. The van der Waals surface area contributed by atoms with Crippen molar-refractivity contribution in [2.45, 2.75) is 32.2 Å². The third-order valence-electron chi connectivity index (χ3n) is 3.38. The van der Waals surface area contributed by atoms with Crippen LogP contribution in [-0.4, -0.2) is 62.0 Å². The topological polar surface area (TPSA) is 40.6 Å². The van der Waals surface area contributed by atoms with Gasteiger partial charge in [0.2, 0.25) is 10.0 Å². The molecule has 102 valence electrons. The third kappa shape index (κ3) is 4.39. The van der Waals surface area contributed by atoms with Crippen molar-refractivity contribution in [3.63, 3.8) is 0 Å². The van der Waals surface area contributed by atoms with Gasteiger partial charge in [0.15, 0.2) is 0 Å². The highest BCUT2D eigenvalue weighted by Crippen LogP contribution is 2.18. The molecule has 0 spiro atoms. The van der Waals surface area contributed by atoms with E-state index in [9.17, 15) is 8.42 Å². The van der Waals surface area contributed by atoms with Crippen LogP contribution in [-0.2, 0) is 10.0 Å². The van der Waals surface area contributed by atoms with Gasteiger partial charge in [0.1, 0.15) is 0 Å². The van der Waals surface area contributed by atoms with Crippen LogP contribution in [0.25, 0.3) is 0 Å². The minimum Gasteiger partial charge on any atom is -0.299 e. The van der Waals surface area contributed by atoms with Crippen LogP contribution >= 0.6 is 11.6 Å². The lowest BCUT2D eigenvalue weighted by Gasteiger charge is -2.27. The quantitative estimate of drug-likeness (QED) is 0.662. The minimum absolute atomic E-state index is 0.159. The predicted molar refractivity (Wildman–Crippen MR) is 72.0 cm³/mol. The number of likely N-dealkylation sites (tertiary alicyclic amines) is 1. The molecule has 0 N–H and O–H groups in total. The van der Waals surface area contributed by atoms with Crippen LogP contribution in [0.1, 0.15) is 26.2 Å². The lowest BCUT2D eigenvalue weighted by molar-refractivity contribution is 0.237. The van der Waals surface area contributed by atoms with Gasteiger partial charge < -0.3 is 0 Å². The van der Waals surface area contributed by atoms with Gasteiger partial charge in [-0.3, -0.25) is 4.90 Å². The molecular weight excluding hydrogens is 260 g/mol. The SMILES string of the molecule is CCN1CCCC1CN(C)S(=O)(=O)CCCCl. The molecular formula is C11H23ClN2O2S. The van der Waals surface area contributed by atoms with Gasteiger partial charge in [-0.1, -0.05) is 6.92 Å². The molecule has 0 radical (unpaired) electrons. The Morgan fingerprint density at radius 3 is 2.76 bits per heavy atom. The zero-order valence-corrected chi connectivity index (χ0v) is 12.3. The van der Waals surface area contributed by atoms with Crippen LogP contribution in [0.15, 0.2) is 0 Å². The average molecular weight is 283 g/mol. The van der Waals surface area contributed by atoms with E-state index in [1.807, 2.05) is 0 Å². The molecule has 1 unspecified atom stereocenters. The normalized spacial score (nSPS) is 22.5. The molecule has 0 amide bonds. The van der Waals surface area contributed by atoms with Gasteiger partial charge in [-0.15, -0.1) is 11.6 Å². The van der Waals surface area contributed by atoms with Gasteiger partial charge in [-0.05, 0) is 32.4 Å². The summed E-state index contributed by atoms with van der Waals surface area (Å²) < 4.78 is 25.3. The van der Waals surface area contributed by atoms with Crippen molar-refractivity contribution >= 4 is 21.6 Å². The Morgan fingerprint density at radius 1 is 1.47 bits per heavy atom. The van der Waals surface area contributed by atoms with E-state index < -0.39 is 10.0 Å². The molecule has 4 nitrogen and oxygen atoms in total. The Kier molecular flexibility index (Phi) is 6.20. The van der Waals surface area contributed by atoms with Gasteiger partial charge in [0.05, 0.1) is 5.75 Å². The molecule has 1 atom stereocenters. The van der Waals surface area contributed by atoms with Crippen LogP contribution in [0, 0.1) is 0 Å². The summed E-state index contributed by atoms with van der Waals surface area (Å²) in [5, 5.41) is 0. The second-order valence-electron chi connectivity index (χ2n) is 4.56. The fraction of sp³-hybridized carbons (Fsp3) is 1.00. The van der Waals surface area contributed by atoms with E-state index >= 15 is 0 Å². The molecule has 6 heteroatoms. The molecule has 1 rings (SSSR count). The Morgan fingerprint density at radius 2 is 2.18 bits per heavy atom. The smallest absolute Gasteiger partial charge is 0.213 e. The lowest BCUT2D eigenvalue weighted by Crippen LogP contribution is -2.41. The number of halogens is 1. The Balaban J connectivity index is 2.50. The third-order valence-corrected chi connectivity index (χ3v) is 5.55. The number of rotatable bonds is 7. The first-order chi connectivity index (χ1) is 8.01. The van der Waals surface area contributed by atoms with Crippen molar-refractivity contribution in [1.29, 1.82) is 0 Å². The highest BCUT2D eigenvalue weighted by Gasteiger charge is 2.27. The number of hydrogen-bond acceptors (Lipinski definition) is 3. The Labute approximate surface area is 110 Å². The minimum atomic E-state index is -3.12. The predicted octanol–water partition coefficient (Wildman–Crippen LogP) is 1.36. The van der Waals surface area contributed by atoms with Crippen LogP contribution in [0.2, 0.25) is 0 Å². The number of likely N-dealkylation sites (N-methyl/N-ethyl adjacent to an activating group) is 2. The molecule has 1 saturated heterocycles. The number of hydrogen-bond donors (Lipinski definition) is 0. The standard InChI is InChI=1S/C11H23ClN2O2S/c1-3-14-8-4-6-11(14)10-13(2)17(15,16)9-5-7-12/h11H,3-10H2,1-2H3. The van der Waals surface area contributed by atoms with Gasteiger partial charge >= 0.3 is 0 Å². The maximum atomic E-state index is 11.9. The molecule has 1 fully saturated rings. The van der Waals surface area contributed by atoms with E-state index in [1.54, 1.807) is 7.05 Å². The van der Waals surface area contributed by atoms with Gasteiger partial charge in [0, 0.05) is 25.5 Å². The Hall–Kier alpha value is 0.160. The number of nitrogens with zero attached hydrogens (tertiary/aromatic N) is 2. The van der Waals surface area contributed by atoms with E-state index in [4.69, 9.17) is 11.6 Å². The monoisotopic (exact) mass is 282 g/mol. The second-order valence-corrected chi connectivity index (χ2v) is 7.14. The van der Waals surface area contributed by atoms with Crippen LogP contribution < -0.4 is 0 Å². The van der Waals surface area contributed by atoms with Crippen LogP contribution in [0.4, 0.5) is 0 Å². The van der Waals surface area contributed by atoms with E-state index in [-0.39, 0.29) is 5.75 Å². The van der Waals surface area contributed by atoms with E-state index in [0.717, 1.165) is 19.5 Å². The van der Waals surface area contributed by atoms with E-state index in [1.165, 1.54) is 10.7 Å². The summed E-state index contributed by atoms with van der Waals surface area (Å²) >= 11 is 5.54. The van der Waals surface area contributed by atoms with Gasteiger partial charge in [0.25, 0.3) is 0 Å². The van der Waals surface area contributed by atoms with Crippen molar-refractivity contribution in [2.24, 2.45) is 0 Å². The average Bonchev–Trinajstić information content (AvgIpc) is 2.73. The summed E-state index contributed by atoms with van der Waals surface area (Å²) in [6.45, 7) is 4.83. The summed E-state index contributed by atoms with van der Waals surface area (Å²) in [5.41, 5.74) is 0. The molecule has 0 bridgehead atoms. The van der Waals surface area contributed by atoms with Crippen molar-refractivity contribution in [3.05, 3.63) is 0 Å². The van der Waals surface area contributed by atoms with Crippen LogP contribution in [0.3, 0.4) is 0 Å². The maximum Gasteiger partial charge on any atom is 0.213 e. The molecule has 0 aromatic rings. The second kappa shape index (κ2) is 6.92. The molecule has 0 saturated carbocycles. The molecule has 17 heavy (non-hydrogen) atoms. The first kappa shape index (κ1) is 15.2. The molecule has 1 aliphatic rings. The molecule has 1 heterocycles. The number of sulfonamides is 1. The zero-order chi connectivity index (χ0) is 12.9. The summed E-state index contributed by atoms with van der Waals surface area (Å²) in [4.78, 5) is 2.35. The van der Waals surface area contributed by atoms with Gasteiger partial charge in [-0.2, -0.15) is 0 Å². The molecule has 1 aliphatic heterocycles. The molecule has 0 aliphatic carbocycles. The van der Waals surface area contributed by atoms with E-state index in [2.05, 4.69) is 11.8 Å². The molecule has 0 aromatic carbocycles. The first-order valence-corrected chi connectivity index (χ1v) is 8.39. The summed E-state index contributed by atoms with van der Waals surface area (Å²) in [5.74, 6) is 0.559. The zero-order valence-electron chi connectivity index (χ0n) is 10.7. The van der Waals surface area contributed by atoms with Crippen molar-refractivity contribution in [2.75, 3.05) is 38.3 Å². The number of alkyl halides is 1. The fourth-order valence-electron chi connectivity index (χ4n) is 2.32. The summed E-state index contributed by atoms with van der Waals surface area (Å²) in [6, 6.07) is 0.385. The van der Waals surface area contributed by atoms with Crippen molar-refractivity contribution < 1.29 is 8.42 Å². The largest absolute Gasteiger partial charge is 0.299 e. The Bertz CT molecular complexity index is 321. The summed E-state index contributed by atoms with van der Waals surface area (Å²) in [7, 11) is -1.44. The summed E-state index contributed by atoms with van der Waals surface area (Å²) in [6.07, 6.45) is 2.80. The first-order valence-electron chi connectivity index (χ1n) is 6.25.